The van der Waals surface area contributed by atoms with E-state index in [0.717, 1.165) is 0 Å². The number of rotatable bonds is 5. The second-order valence-electron chi connectivity index (χ2n) is 4.79. The Labute approximate surface area is 110 Å². The number of carbonyl (C=O) groups excluding carboxylic acids is 1. The van der Waals surface area contributed by atoms with Crippen LogP contribution in [0.5, 0.6) is 0 Å². The van der Waals surface area contributed by atoms with E-state index in [2.05, 4.69) is 5.32 Å². The fourth-order valence-corrected chi connectivity index (χ4v) is 1.74. The zero-order valence-corrected chi connectivity index (χ0v) is 10.8. The normalized spacial score (nSPS) is 12.6. The van der Waals surface area contributed by atoms with Crippen LogP contribution in [0.1, 0.15) is 30.6 Å². The van der Waals surface area contributed by atoms with Crippen molar-refractivity contribution in [3.05, 3.63) is 35.1 Å². The van der Waals surface area contributed by atoms with Crippen molar-refractivity contribution in [1.29, 1.82) is 0 Å². The molecular formula is C13H17F3N2O. The molecule has 1 unspecified atom stereocenters. The van der Waals surface area contributed by atoms with Gasteiger partial charge in [-0.05, 0) is 24.5 Å². The van der Waals surface area contributed by atoms with Crippen molar-refractivity contribution in [2.45, 2.75) is 26.3 Å². The number of nitrogens with two attached hydrogens (primary N) is 1. The standard InChI is InChI=1S/C13H17F3N2O/c1-7(2)3-9(6-17)18-13(19)8-4-10(14)12(16)11(15)5-8/h4-5,7,9H,3,6,17H2,1-2H3,(H,18,19). The van der Waals surface area contributed by atoms with Gasteiger partial charge in [-0.1, -0.05) is 13.8 Å². The molecular weight excluding hydrogens is 257 g/mol. The van der Waals surface area contributed by atoms with Crippen LogP contribution in [0.15, 0.2) is 12.1 Å². The SMILES string of the molecule is CC(C)CC(CN)NC(=O)c1cc(F)c(F)c(F)c1. The van der Waals surface area contributed by atoms with E-state index in [1.54, 1.807) is 0 Å². The first kappa shape index (κ1) is 15.5. The highest BCUT2D eigenvalue weighted by atomic mass is 19.2. The van der Waals surface area contributed by atoms with Crippen LogP contribution < -0.4 is 11.1 Å². The molecule has 19 heavy (non-hydrogen) atoms. The second-order valence-corrected chi connectivity index (χ2v) is 4.79. The summed E-state index contributed by atoms with van der Waals surface area (Å²) in [5, 5.41) is 2.57. The smallest absolute Gasteiger partial charge is 0.251 e. The van der Waals surface area contributed by atoms with Gasteiger partial charge in [0.25, 0.3) is 5.91 Å². The summed E-state index contributed by atoms with van der Waals surface area (Å²) in [6.45, 7) is 4.15. The number of halogens is 3. The Morgan fingerprint density at radius 1 is 1.26 bits per heavy atom. The average Bonchev–Trinajstić information content (AvgIpc) is 2.33. The average molecular weight is 274 g/mol. The van der Waals surface area contributed by atoms with Gasteiger partial charge in [0, 0.05) is 18.2 Å². The fourth-order valence-electron chi connectivity index (χ4n) is 1.74. The molecule has 1 aromatic rings. The molecule has 106 valence electrons. The monoisotopic (exact) mass is 274 g/mol. The van der Waals surface area contributed by atoms with Crippen molar-refractivity contribution >= 4 is 5.91 Å². The molecule has 3 nitrogen and oxygen atoms in total. The fraction of sp³-hybridized carbons (Fsp3) is 0.462. The molecule has 0 heterocycles. The number of benzene rings is 1. The van der Waals surface area contributed by atoms with Crippen LogP contribution in [-0.4, -0.2) is 18.5 Å². The molecule has 0 spiro atoms. The minimum atomic E-state index is -1.59. The van der Waals surface area contributed by atoms with E-state index in [1.807, 2.05) is 13.8 Å². The number of hydrogen-bond acceptors (Lipinski definition) is 2. The molecule has 0 aliphatic carbocycles. The molecule has 1 rings (SSSR count). The number of nitrogens with one attached hydrogen (secondary N) is 1. The largest absolute Gasteiger partial charge is 0.348 e. The van der Waals surface area contributed by atoms with E-state index in [4.69, 9.17) is 5.73 Å². The third-order valence-corrected chi connectivity index (χ3v) is 2.62. The zero-order valence-electron chi connectivity index (χ0n) is 10.8. The van der Waals surface area contributed by atoms with E-state index < -0.39 is 23.4 Å². The Kier molecular flexibility index (Phi) is 5.35. The molecule has 0 aromatic heterocycles. The van der Waals surface area contributed by atoms with E-state index in [9.17, 15) is 18.0 Å². The summed E-state index contributed by atoms with van der Waals surface area (Å²) < 4.78 is 38.8. The van der Waals surface area contributed by atoms with Gasteiger partial charge in [0.2, 0.25) is 0 Å². The lowest BCUT2D eigenvalue weighted by Gasteiger charge is -2.18. The van der Waals surface area contributed by atoms with Gasteiger partial charge < -0.3 is 11.1 Å². The van der Waals surface area contributed by atoms with Crippen LogP contribution in [0.4, 0.5) is 13.2 Å². The molecule has 0 saturated carbocycles. The molecule has 0 bridgehead atoms. The number of amides is 1. The van der Waals surface area contributed by atoms with Gasteiger partial charge in [0.1, 0.15) is 0 Å². The minimum absolute atomic E-state index is 0.218. The van der Waals surface area contributed by atoms with E-state index in [-0.39, 0.29) is 18.2 Å². The van der Waals surface area contributed by atoms with Gasteiger partial charge in [-0.25, -0.2) is 13.2 Å². The first-order chi connectivity index (χ1) is 8.85. The van der Waals surface area contributed by atoms with Crippen LogP contribution in [-0.2, 0) is 0 Å². The molecule has 1 aromatic carbocycles. The van der Waals surface area contributed by atoms with E-state index in [0.29, 0.717) is 24.5 Å². The maximum absolute atomic E-state index is 13.0. The summed E-state index contributed by atoms with van der Waals surface area (Å²) in [7, 11) is 0. The lowest BCUT2D eigenvalue weighted by Crippen LogP contribution is -2.41. The van der Waals surface area contributed by atoms with Gasteiger partial charge in [-0.15, -0.1) is 0 Å². The lowest BCUT2D eigenvalue weighted by atomic mass is 10.0. The highest BCUT2D eigenvalue weighted by Gasteiger charge is 2.18. The Morgan fingerprint density at radius 3 is 2.21 bits per heavy atom. The topological polar surface area (TPSA) is 55.1 Å². The van der Waals surface area contributed by atoms with Crippen LogP contribution in [0.3, 0.4) is 0 Å². The van der Waals surface area contributed by atoms with Gasteiger partial charge in [0.15, 0.2) is 17.5 Å². The number of hydrogen-bond donors (Lipinski definition) is 2. The highest BCUT2D eigenvalue weighted by Crippen LogP contribution is 2.14. The summed E-state index contributed by atoms with van der Waals surface area (Å²) in [4.78, 5) is 11.8. The first-order valence-electron chi connectivity index (χ1n) is 6.00. The van der Waals surface area contributed by atoms with Crippen molar-refractivity contribution in [3.8, 4) is 0 Å². The minimum Gasteiger partial charge on any atom is -0.348 e. The van der Waals surface area contributed by atoms with Crippen LogP contribution >= 0.6 is 0 Å². The molecule has 1 atom stereocenters. The third kappa shape index (κ3) is 4.24. The molecule has 0 radical (unpaired) electrons. The van der Waals surface area contributed by atoms with Gasteiger partial charge in [0.05, 0.1) is 0 Å². The summed E-state index contributed by atoms with van der Waals surface area (Å²) in [6, 6.07) is 1.04. The van der Waals surface area contributed by atoms with Gasteiger partial charge >= 0.3 is 0 Å². The van der Waals surface area contributed by atoms with Crippen LogP contribution in [0.25, 0.3) is 0 Å². The summed E-state index contributed by atoms with van der Waals surface area (Å²) in [5.41, 5.74) is 5.24. The lowest BCUT2D eigenvalue weighted by molar-refractivity contribution is 0.0932. The molecule has 0 saturated heterocycles. The molecule has 0 aliphatic rings. The first-order valence-corrected chi connectivity index (χ1v) is 6.00. The van der Waals surface area contributed by atoms with Crippen molar-refractivity contribution in [1.82, 2.24) is 5.32 Å². The maximum atomic E-state index is 13.0. The van der Waals surface area contributed by atoms with Gasteiger partial charge in [-0.2, -0.15) is 0 Å². The van der Waals surface area contributed by atoms with Crippen molar-refractivity contribution in [3.63, 3.8) is 0 Å². The highest BCUT2D eigenvalue weighted by molar-refractivity contribution is 5.94. The van der Waals surface area contributed by atoms with Crippen LogP contribution in [0.2, 0.25) is 0 Å². The Bertz CT molecular complexity index is 440. The van der Waals surface area contributed by atoms with Crippen LogP contribution in [0, 0.1) is 23.4 Å². The van der Waals surface area contributed by atoms with E-state index >= 15 is 0 Å². The summed E-state index contributed by atoms with van der Waals surface area (Å²) >= 11 is 0. The molecule has 0 fully saturated rings. The number of carbonyl (C=O) groups is 1. The quantitative estimate of drug-likeness (QED) is 0.809. The Balaban J connectivity index is 2.83. The van der Waals surface area contributed by atoms with Crippen molar-refractivity contribution < 1.29 is 18.0 Å². The van der Waals surface area contributed by atoms with Crippen molar-refractivity contribution in [2.24, 2.45) is 11.7 Å². The van der Waals surface area contributed by atoms with Crippen molar-refractivity contribution in [2.75, 3.05) is 6.54 Å². The second kappa shape index (κ2) is 6.56. The Morgan fingerprint density at radius 2 is 1.79 bits per heavy atom. The predicted octanol–water partition coefficient (Wildman–Crippen LogP) is 2.21. The van der Waals surface area contributed by atoms with E-state index in [1.165, 1.54) is 0 Å². The third-order valence-electron chi connectivity index (χ3n) is 2.62. The molecule has 6 heteroatoms. The maximum Gasteiger partial charge on any atom is 0.251 e. The predicted molar refractivity (Wildman–Crippen MR) is 66.1 cm³/mol. The molecule has 1 amide bonds. The summed E-state index contributed by atoms with van der Waals surface area (Å²) in [5.74, 6) is -4.73. The Hall–Kier alpha value is -1.56. The zero-order chi connectivity index (χ0) is 14.6. The molecule has 0 aliphatic heterocycles. The summed E-state index contributed by atoms with van der Waals surface area (Å²) in [6.07, 6.45) is 0.647. The molecule has 3 N–H and O–H groups in total. The van der Waals surface area contributed by atoms with Gasteiger partial charge in [-0.3, -0.25) is 4.79 Å².